The van der Waals surface area contributed by atoms with Crippen molar-refractivity contribution in [3.63, 3.8) is 0 Å². The highest BCUT2D eigenvalue weighted by molar-refractivity contribution is 7.89. The van der Waals surface area contributed by atoms with Crippen molar-refractivity contribution in [3.05, 3.63) is 44.7 Å². The largest absolute Gasteiger partial charge is 0.445 e. The maximum Gasteiger partial charge on any atom is 0.333 e. The fraction of sp³-hybridized carbons (Fsp3) is 0.421. The van der Waals surface area contributed by atoms with Crippen LogP contribution in [0.25, 0.3) is 0 Å². The molecule has 28 heavy (non-hydrogen) atoms. The molecule has 0 bridgehead atoms. The lowest BCUT2D eigenvalue weighted by molar-refractivity contribution is 0.235. The number of aryl methyl sites for hydroxylation is 1. The van der Waals surface area contributed by atoms with Gasteiger partial charge >= 0.3 is 6.03 Å². The number of aliphatic hydroxyl groups is 1. The van der Waals surface area contributed by atoms with E-state index in [1.807, 2.05) is 4.72 Å². The van der Waals surface area contributed by atoms with Crippen molar-refractivity contribution in [2.24, 2.45) is 0 Å². The Morgan fingerprint density at radius 2 is 1.71 bits per heavy atom. The molecule has 0 atom stereocenters. The molecule has 2 amide bonds. The van der Waals surface area contributed by atoms with Crippen LogP contribution in [0.1, 0.15) is 46.4 Å². The Bertz CT molecular complexity index is 1040. The van der Waals surface area contributed by atoms with Gasteiger partial charge in [0.25, 0.3) is 10.0 Å². The van der Waals surface area contributed by atoms with Crippen molar-refractivity contribution >= 4 is 33.3 Å². The van der Waals surface area contributed by atoms with Crippen molar-refractivity contribution < 1.29 is 22.7 Å². The quantitative estimate of drug-likeness (QED) is 0.698. The van der Waals surface area contributed by atoms with Gasteiger partial charge in [-0.1, -0.05) is 11.6 Å². The molecule has 0 saturated heterocycles. The summed E-state index contributed by atoms with van der Waals surface area (Å²) in [5.74, 6) is 0.147. The minimum Gasteiger partial charge on any atom is -0.445 e. The molecule has 1 heterocycles. The monoisotopic (exact) mass is 424 g/mol. The number of rotatable bonds is 4. The highest BCUT2D eigenvalue weighted by Crippen LogP contribution is 2.44. The number of anilines is 1. The maximum atomic E-state index is 12.5. The van der Waals surface area contributed by atoms with Crippen LogP contribution in [0.2, 0.25) is 5.02 Å². The van der Waals surface area contributed by atoms with Crippen LogP contribution in [-0.4, -0.2) is 19.6 Å². The van der Waals surface area contributed by atoms with Crippen molar-refractivity contribution in [2.45, 2.75) is 57.1 Å². The molecule has 150 valence electrons. The Kier molecular flexibility index (Phi) is 4.89. The minimum atomic E-state index is -4.19. The van der Waals surface area contributed by atoms with Gasteiger partial charge in [-0.3, -0.25) is 0 Å². The molecule has 3 N–H and O–H groups in total. The molecule has 0 radical (unpaired) electrons. The van der Waals surface area contributed by atoms with Gasteiger partial charge in [0, 0.05) is 16.8 Å². The topological polar surface area (TPSA) is 109 Å². The number of carbonyl (C=O) groups excluding carboxylic acids is 1. The lowest BCUT2D eigenvalue weighted by Gasteiger charge is -2.18. The van der Waals surface area contributed by atoms with Crippen molar-refractivity contribution in [1.82, 2.24) is 4.72 Å². The van der Waals surface area contributed by atoms with Gasteiger partial charge < -0.3 is 14.8 Å². The van der Waals surface area contributed by atoms with Crippen LogP contribution in [0.3, 0.4) is 0 Å². The van der Waals surface area contributed by atoms with Crippen molar-refractivity contribution in [3.8, 4) is 0 Å². The molecule has 9 heteroatoms. The number of hydrogen-bond donors (Lipinski definition) is 3. The van der Waals surface area contributed by atoms with Gasteiger partial charge in [0.2, 0.25) is 5.09 Å². The van der Waals surface area contributed by atoms with Gasteiger partial charge in [-0.15, -0.1) is 0 Å². The van der Waals surface area contributed by atoms with E-state index in [2.05, 4.69) is 5.32 Å². The van der Waals surface area contributed by atoms with Crippen LogP contribution in [-0.2, 0) is 42.3 Å². The average Bonchev–Trinajstić information content (AvgIpc) is 3.37. The van der Waals surface area contributed by atoms with E-state index in [4.69, 9.17) is 16.0 Å². The van der Waals surface area contributed by atoms with Crippen LogP contribution in [0.5, 0.6) is 0 Å². The van der Waals surface area contributed by atoms with Crippen LogP contribution in [0.15, 0.2) is 15.6 Å². The Morgan fingerprint density at radius 1 is 1.14 bits per heavy atom. The summed E-state index contributed by atoms with van der Waals surface area (Å²) in [6.07, 6.45) is 5.27. The van der Waals surface area contributed by atoms with Gasteiger partial charge in [-0.25, -0.2) is 9.52 Å². The molecule has 1 aromatic heterocycles. The van der Waals surface area contributed by atoms with E-state index in [9.17, 15) is 18.3 Å². The third-order valence-electron chi connectivity index (χ3n) is 5.44. The minimum absolute atomic E-state index is 0.147. The van der Waals surface area contributed by atoms with E-state index in [0.717, 1.165) is 65.8 Å². The summed E-state index contributed by atoms with van der Waals surface area (Å²) >= 11 is 6.57. The lowest BCUT2D eigenvalue weighted by atomic mass is 9.98. The molecule has 4 rings (SSSR count). The molecule has 1 aromatic carbocycles. The summed E-state index contributed by atoms with van der Waals surface area (Å²) in [5, 5.41) is 12.3. The molecular formula is C19H21ClN2O5S. The first-order valence-corrected chi connectivity index (χ1v) is 11.1. The summed E-state index contributed by atoms with van der Waals surface area (Å²) in [6.45, 7) is 1.20. The molecule has 0 spiro atoms. The predicted octanol–water partition coefficient (Wildman–Crippen LogP) is 3.22. The Balaban J connectivity index is 1.61. The lowest BCUT2D eigenvalue weighted by Crippen LogP contribution is -2.34. The first-order valence-electron chi connectivity index (χ1n) is 9.20. The van der Waals surface area contributed by atoms with Gasteiger partial charge in [0.15, 0.2) is 0 Å². The summed E-state index contributed by atoms with van der Waals surface area (Å²) in [7, 11) is -4.19. The smallest absolute Gasteiger partial charge is 0.333 e. The highest BCUT2D eigenvalue weighted by Gasteiger charge is 2.30. The number of furan rings is 1. The molecule has 2 aliphatic carbocycles. The Morgan fingerprint density at radius 3 is 2.25 bits per heavy atom. The number of sulfonamides is 1. The average molecular weight is 425 g/mol. The second kappa shape index (κ2) is 7.09. The summed E-state index contributed by atoms with van der Waals surface area (Å²) in [4.78, 5) is 12.5. The fourth-order valence-corrected chi connectivity index (χ4v) is 5.48. The number of aliphatic hydroxyl groups excluding tert-OH is 1. The van der Waals surface area contributed by atoms with Gasteiger partial charge in [-0.2, -0.15) is 8.42 Å². The molecule has 0 aliphatic heterocycles. The number of benzene rings is 1. The van der Waals surface area contributed by atoms with E-state index in [0.29, 0.717) is 11.3 Å². The SMILES string of the molecule is Cc1cc(S(=O)(=O)NC(=O)Nc2c3c(c(Cl)c4c2CCC4)CCC3)oc1CO. The highest BCUT2D eigenvalue weighted by atomic mass is 35.5. The number of amides is 2. The van der Waals surface area contributed by atoms with E-state index in [-0.39, 0.29) is 5.76 Å². The molecule has 2 aliphatic rings. The fourth-order valence-electron chi connectivity index (χ4n) is 4.13. The Hall–Kier alpha value is -2.03. The molecule has 0 saturated carbocycles. The van der Waals surface area contributed by atoms with E-state index < -0.39 is 27.8 Å². The van der Waals surface area contributed by atoms with Crippen LogP contribution < -0.4 is 10.0 Å². The predicted molar refractivity (Wildman–Crippen MR) is 104 cm³/mol. The van der Waals surface area contributed by atoms with Crippen LogP contribution >= 0.6 is 11.6 Å². The zero-order chi connectivity index (χ0) is 20.1. The number of urea groups is 1. The summed E-state index contributed by atoms with van der Waals surface area (Å²) < 4.78 is 32.1. The zero-order valence-electron chi connectivity index (χ0n) is 15.4. The van der Waals surface area contributed by atoms with Crippen molar-refractivity contribution in [2.75, 3.05) is 5.32 Å². The number of fused-ring (bicyclic) bond motifs is 2. The first-order chi connectivity index (χ1) is 13.3. The number of halogens is 1. The molecule has 0 fully saturated rings. The van der Waals surface area contributed by atoms with Gasteiger partial charge in [-0.05, 0) is 73.3 Å². The number of hydrogen-bond acceptors (Lipinski definition) is 5. The third kappa shape index (κ3) is 3.19. The normalized spacial score (nSPS) is 15.4. The summed E-state index contributed by atoms with van der Waals surface area (Å²) in [6, 6.07) is 0.434. The number of carbonyl (C=O) groups is 1. The van der Waals surface area contributed by atoms with E-state index >= 15 is 0 Å². The summed E-state index contributed by atoms with van der Waals surface area (Å²) in [5.41, 5.74) is 5.34. The Labute approximate surface area is 168 Å². The van der Waals surface area contributed by atoms with Crippen LogP contribution in [0, 0.1) is 6.92 Å². The number of nitrogens with one attached hydrogen (secondary N) is 2. The molecule has 2 aromatic rings. The van der Waals surface area contributed by atoms with E-state index in [1.165, 1.54) is 6.07 Å². The van der Waals surface area contributed by atoms with Crippen LogP contribution in [0.4, 0.5) is 10.5 Å². The molecule has 0 unspecified atom stereocenters. The van der Waals surface area contributed by atoms with Crippen molar-refractivity contribution in [1.29, 1.82) is 0 Å². The first kappa shape index (κ1) is 19.3. The standard InChI is InChI=1S/C19H21ClN2O5S/c1-10-8-16(27-15(10)9-23)28(25,26)22-19(24)21-18-13-6-2-4-11(13)17(20)12-5-3-7-14(12)18/h8,23H,2-7,9H2,1H3,(H2,21,22,24). The van der Waals surface area contributed by atoms with E-state index in [1.54, 1.807) is 6.92 Å². The molecule has 7 nitrogen and oxygen atoms in total. The third-order valence-corrected chi connectivity index (χ3v) is 7.08. The van der Waals surface area contributed by atoms with Gasteiger partial charge in [0.1, 0.15) is 12.4 Å². The molecular weight excluding hydrogens is 404 g/mol. The second-order valence-electron chi connectivity index (χ2n) is 7.20. The zero-order valence-corrected chi connectivity index (χ0v) is 17.0. The maximum absolute atomic E-state index is 12.5. The second-order valence-corrected chi connectivity index (χ2v) is 9.19. The van der Waals surface area contributed by atoms with Gasteiger partial charge in [0.05, 0.1) is 0 Å².